The van der Waals surface area contributed by atoms with Crippen molar-refractivity contribution in [1.82, 2.24) is 10.3 Å². The number of aromatic nitrogens is 1. The monoisotopic (exact) mass is 384 g/mol. The van der Waals surface area contributed by atoms with Gasteiger partial charge in [-0.3, -0.25) is 4.98 Å². The number of hydrogen-bond acceptors (Lipinski definition) is 2. The van der Waals surface area contributed by atoms with Crippen LogP contribution in [0.1, 0.15) is 86.3 Å². The quantitative estimate of drug-likeness (QED) is 0.292. The Hall–Kier alpha value is -2.09. The Labute approximate surface area is 176 Å². The summed E-state index contributed by atoms with van der Waals surface area (Å²) in [5.74, 6) is 0. The van der Waals surface area contributed by atoms with Crippen LogP contribution in [0.4, 0.5) is 0 Å². The molecule has 0 spiro atoms. The van der Waals surface area contributed by atoms with Crippen LogP contribution in [0.2, 0.25) is 0 Å². The van der Waals surface area contributed by atoms with Crippen LogP contribution < -0.4 is 5.32 Å². The lowest BCUT2D eigenvalue weighted by Crippen LogP contribution is -2.15. The van der Waals surface area contributed by atoms with E-state index in [4.69, 9.17) is 0 Å². The maximum absolute atomic E-state index is 4.60. The highest BCUT2D eigenvalue weighted by atomic mass is 14.9. The maximum Gasteiger partial charge on any atom is 0.0403 e. The van der Waals surface area contributed by atoms with Gasteiger partial charge in [0.15, 0.2) is 0 Å². The van der Waals surface area contributed by atoms with Crippen LogP contribution >= 0.6 is 0 Å². The fourth-order valence-electron chi connectivity index (χ4n) is 3.07. The molecule has 0 fully saturated rings. The largest absolute Gasteiger partial charge is 0.359 e. The molecule has 2 heteroatoms. The molecule has 0 aliphatic heterocycles. The highest BCUT2D eigenvalue weighted by Crippen LogP contribution is 2.18. The molecule has 1 aromatic heterocycles. The molecule has 0 saturated carbocycles. The van der Waals surface area contributed by atoms with Gasteiger partial charge in [0, 0.05) is 31.1 Å². The molecular weight excluding hydrogens is 340 g/mol. The lowest BCUT2D eigenvalue weighted by Gasteiger charge is -2.16. The van der Waals surface area contributed by atoms with Crippen molar-refractivity contribution in [2.24, 2.45) is 0 Å². The molecule has 1 N–H and O–H groups in total. The zero-order valence-electron chi connectivity index (χ0n) is 19.2. The third kappa shape index (κ3) is 10.3. The summed E-state index contributed by atoms with van der Waals surface area (Å²) in [7, 11) is 0. The minimum absolute atomic E-state index is 0. The van der Waals surface area contributed by atoms with E-state index in [-0.39, 0.29) is 1.43 Å². The zero-order valence-corrected chi connectivity index (χ0v) is 19.2. The molecule has 0 amide bonds. The van der Waals surface area contributed by atoms with Crippen molar-refractivity contribution in [1.29, 1.82) is 0 Å². The Balaban J connectivity index is 0. The number of allylic oxidation sites excluding steroid dienone is 4. The van der Waals surface area contributed by atoms with Crippen LogP contribution in [-0.4, -0.2) is 4.98 Å². The average Bonchev–Trinajstić information content (AvgIpc) is 2.68. The van der Waals surface area contributed by atoms with Gasteiger partial charge in [-0.1, -0.05) is 78.3 Å². The maximum atomic E-state index is 4.60. The normalized spacial score (nSPS) is 11.5. The third-order valence-corrected chi connectivity index (χ3v) is 4.47. The van der Waals surface area contributed by atoms with Crippen LogP contribution in [0.15, 0.2) is 66.2 Å². The fourth-order valence-corrected chi connectivity index (χ4v) is 3.07. The first-order valence-corrected chi connectivity index (χ1v) is 10.9. The smallest absolute Gasteiger partial charge is 0.0403 e. The Bertz CT molecular complexity index is 639. The lowest BCUT2D eigenvalue weighted by molar-refractivity contribution is 0.660. The number of rotatable bonds is 12. The minimum atomic E-state index is 0. The van der Waals surface area contributed by atoms with Crippen LogP contribution in [0, 0.1) is 0 Å². The van der Waals surface area contributed by atoms with Crippen molar-refractivity contribution in [3.8, 4) is 0 Å². The van der Waals surface area contributed by atoms with E-state index in [2.05, 4.69) is 68.5 Å². The Morgan fingerprint density at radius 3 is 2.39 bits per heavy atom. The second kappa shape index (κ2) is 15.9. The molecule has 0 aliphatic rings. The minimum Gasteiger partial charge on any atom is -0.359 e. The van der Waals surface area contributed by atoms with Crippen molar-refractivity contribution in [3.05, 3.63) is 77.4 Å². The number of unbranched alkanes of at least 4 members (excludes halogenated alkanes) is 3. The molecule has 0 aliphatic carbocycles. The molecule has 28 heavy (non-hydrogen) atoms. The summed E-state index contributed by atoms with van der Waals surface area (Å²) in [4.78, 5) is 4.60. The van der Waals surface area contributed by atoms with Gasteiger partial charge < -0.3 is 5.32 Å². The Kier molecular flexibility index (Phi) is 14.7. The van der Waals surface area contributed by atoms with Crippen LogP contribution in [0.5, 0.6) is 0 Å². The number of hydrogen-bond donors (Lipinski definition) is 1. The summed E-state index contributed by atoms with van der Waals surface area (Å²) in [5, 5.41) is 3.36. The highest BCUT2D eigenvalue weighted by molar-refractivity contribution is 5.44. The summed E-state index contributed by atoms with van der Waals surface area (Å²) in [6, 6.07) is 4.31. The van der Waals surface area contributed by atoms with Crippen molar-refractivity contribution < 1.29 is 1.43 Å². The summed E-state index contributed by atoms with van der Waals surface area (Å²) in [6.07, 6.45) is 14.3. The number of nitrogens with one attached hydrogen (secondary N) is 1. The van der Waals surface area contributed by atoms with Gasteiger partial charge in [-0.15, -0.1) is 0 Å². The summed E-state index contributed by atoms with van der Waals surface area (Å²) in [6.45, 7) is 20.9. The van der Waals surface area contributed by atoms with Gasteiger partial charge in [-0.2, -0.15) is 0 Å². The Morgan fingerprint density at radius 2 is 1.86 bits per heavy atom. The standard InChI is InChI=1S/C24H36N2.C2H6.H2/c1-7-10-11-12-14-23-16-15-22(18-25-23)17-20(5)26-21(6)24(9-3)19(4)13-8-2;1-2;/h9,13,15-16,18,26H,5-8,10-12,14,17H2,1-4H3;1-2H3;1H/b19-13-,24-9-;;. The topological polar surface area (TPSA) is 24.9 Å². The van der Waals surface area contributed by atoms with Gasteiger partial charge in [-0.25, -0.2) is 0 Å². The zero-order chi connectivity index (χ0) is 21.4. The van der Waals surface area contributed by atoms with E-state index in [1.165, 1.54) is 42.5 Å². The second-order valence-electron chi connectivity index (χ2n) is 6.85. The molecule has 1 rings (SSSR count). The van der Waals surface area contributed by atoms with E-state index < -0.39 is 0 Å². The summed E-state index contributed by atoms with van der Waals surface area (Å²) in [5.41, 5.74) is 6.60. The Morgan fingerprint density at radius 1 is 1.14 bits per heavy atom. The van der Waals surface area contributed by atoms with E-state index in [0.717, 1.165) is 36.2 Å². The van der Waals surface area contributed by atoms with Gasteiger partial charge >= 0.3 is 0 Å². The van der Waals surface area contributed by atoms with Gasteiger partial charge in [0.05, 0.1) is 0 Å². The molecular formula is C26H44N2. The van der Waals surface area contributed by atoms with Crippen molar-refractivity contribution in [2.45, 2.75) is 86.5 Å². The van der Waals surface area contributed by atoms with Gasteiger partial charge in [0.1, 0.15) is 0 Å². The molecule has 0 atom stereocenters. The molecule has 1 aromatic rings. The summed E-state index contributed by atoms with van der Waals surface area (Å²) < 4.78 is 0. The number of nitrogens with zero attached hydrogens (tertiary/aromatic N) is 1. The fraction of sp³-hybridized carbons (Fsp3) is 0.500. The van der Waals surface area contributed by atoms with Crippen LogP contribution in [0.3, 0.4) is 0 Å². The summed E-state index contributed by atoms with van der Waals surface area (Å²) >= 11 is 0. The van der Waals surface area contributed by atoms with E-state index in [9.17, 15) is 0 Å². The number of pyridine rings is 1. The predicted molar refractivity (Wildman–Crippen MR) is 128 cm³/mol. The van der Waals surface area contributed by atoms with Gasteiger partial charge in [0.2, 0.25) is 0 Å². The third-order valence-electron chi connectivity index (χ3n) is 4.47. The first-order chi connectivity index (χ1) is 13.5. The molecule has 0 aromatic carbocycles. The van der Waals surface area contributed by atoms with Crippen molar-refractivity contribution in [3.63, 3.8) is 0 Å². The lowest BCUT2D eigenvalue weighted by atomic mass is 10.0. The van der Waals surface area contributed by atoms with Gasteiger partial charge in [0.25, 0.3) is 0 Å². The van der Waals surface area contributed by atoms with E-state index in [1.807, 2.05) is 27.0 Å². The molecule has 0 bridgehead atoms. The first-order valence-electron chi connectivity index (χ1n) is 10.9. The van der Waals surface area contributed by atoms with Gasteiger partial charge in [-0.05, 0) is 55.9 Å². The molecule has 0 unspecified atom stereocenters. The second-order valence-corrected chi connectivity index (χ2v) is 6.85. The predicted octanol–water partition coefficient (Wildman–Crippen LogP) is 7.94. The van der Waals surface area contributed by atoms with Crippen molar-refractivity contribution >= 4 is 0 Å². The van der Waals surface area contributed by atoms with Crippen LogP contribution in [0.25, 0.3) is 0 Å². The number of aryl methyl sites for hydroxylation is 1. The molecule has 158 valence electrons. The van der Waals surface area contributed by atoms with Crippen LogP contribution in [-0.2, 0) is 12.8 Å². The highest BCUT2D eigenvalue weighted by Gasteiger charge is 2.06. The average molecular weight is 385 g/mol. The molecule has 2 nitrogen and oxygen atoms in total. The molecule has 0 saturated heterocycles. The van der Waals surface area contributed by atoms with E-state index in [0.29, 0.717) is 0 Å². The van der Waals surface area contributed by atoms with Crippen molar-refractivity contribution in [2.75, 3.05) is 0 Å². The first kappa shape index (κ1) is 25.9. The van der Waals surface area contributed by atoms with E-state index >= 15 is 0 Å². The molecule has 1 heterocycles. The SMILES string of the molecule is C=C(Cc1ccc(CCCCCC)nc1)NC(=C)C(=C\C)/C(C)=C\CC.CC.[HH]. The molecule has 0 radical (unpaired) electrons. The van der Waals surface area contributed by atoms with E-state index in [1.54, 1.807) is 0 Å².